The fourth-order valence-corrected chi connectivity index (χ4v) is 18.1. The first-order chi connectivity index (χ1) is 71.7. The van der Waals surface area contributed by atoms with E-state index in [9.17, 15) is 60.7 Å². The number of ether oxygens (including phenoxy) is 3. The van der Waals surface area contributed by atoms with Gasteiger partial charge >= 0.3 is 12.5 Å². The number of para-hydroxylation sites is 5. The molecule has 770 valence electrons. The molecule has 31 heteroatoms. The molecule has 0 bridgehead atoms. The maximum atomic E-state index is 13.1. The van der Waals surface area contributed by atoms with Crippen LogP contribution in [-0.4, -0.2) is 164 Å². The molecule has 0 spiro atoms. The highest BCUT2D eigenvalue weighted by Crippen LogP contribution is 2.44. The molecule has 149 heavy (non-hydrogen) atoms. The summed E-state index contributed by atoms with van der Waals surface area (Å²) in [7, 11) is 6.14. The number of nitrogens with one attached hydrogen (secondary N) is 11. The summed E-state index contributed by atoms with van der Waals surface area (Å²) >= 11 is 0. The van der Waals surface area contributed by atoms with Crippen molar-refractivity contribution >= 4 is 121 Å². The lowest BCUT2D eigenvalue weighted by molar-refractivity contribution is -0.253. The van der Waals surface area contributed by atoms with Gasteiger partial charge in [0.2, 0.25) is 35.4 Å². The maximum absolute atomic E-state index is 13.1. The highest BCUT2D eigenvalue weighted by Gasteiger charge is 2.44. The summed E-state index contributed by atoms with van der Waals surface area (Å²) in [6.45, 7) is 17.5. The number of rotatable bonds is 19. The number of carbonyl (C=O) groups excluding carboxylic acids is 9. The van der Waals surface area contributed by atoms with E-state index in [0.29, 0.717) is 102 Å². The third kappa shape index (κ3) is 28.8. The summed E-state index contributed by atoms with van der Waals surface area (Å²) in [5.41, 5.74) is 23.6. The van der Waals surface area contributed by atoms with Crippen LogP contribution in [0.4, 0.5) is 85.8 Å². The van der Waals surface area contributed by atoms with Crippen molar-refractivity contribution in [2.75, 3.05) is 111 Å². The molecule has 0 saturated carbocycles. The van der Waals surface area contributed by atoms with Crippen LogP contribution in [0.2, 0.25) is 0 Å². The van der Waals surface area contributed by atoms with Crippen LogP contribution in [-0.2, 0) is 54.6 Å². The van der Waals surface area contributed by atoms with Gasteiger partial charge in [-0.2, -0.15) is 17.6 Å². The minimum Gasteiger partial charge on any atom is -0.488 e. The Hall–Kier alpha value is -16.7. The number of pyridine rings is 1. The van der Waals surface area contributed by atoms with Gasteiger partial charge in [0.25, 0.3) is 5.91 Å². The molecule has 13 aromatic rings. The first-order valence-electron chi connectivity index (χ1n) is 49.9. The fraction of sp³-hybridized carbons (Fsp3) is 0.271. The van der Waals surface area contributed by atoms with E-state index in [-0.39, 0.29) is 102 Å². The third-order valence-electron chi connectivity index (χ3n) is 25.6. The normalized spacial score (nSPS) is 17.3. The average Bonchev–Trinajstić information content (AvgIpc) is 1.78. The second kappa shape index (κ2) is 49.5. The predicted octanol–water partition coefficient (Wildman–Crippen LogP) is 22.7. The number of alkyl halides is 4. The lowest BCUT2D eigenvalue weighted by atomic mass is 9.97. The molecular formula is C118H123F4N15O12. The molecule has 8 heterocycles. The monoisotopic (exact) mass is 2020 g/mol. The number of hydrogen-bond acceptors (Lipinski definition) is 20. The molecule has 6 atom stereocenters. The third-order valence-corrected chi connectivity index (χ3v) is 25.6. The van der Waals surface area contributed by atoms with Gasteiger partial charge in [-0.15, -0.1) is 0 Å². The molecule has 1 fully saturated rings. The van der Waals surface area contributed by atoms with Crippen LogP contribution >= 0.6 is 0 Å². The second-order valence-electron chi connectivity index (χ2n) is 38.1. The van der Waals surface area contributed by atoms with Crippen LogP contribution in [0.15, 0.2) is 285 Å². The number of Topliss-reactive ketones (excluding diaryl/α,β-unsaturated/α-hetero) is 2. The van der Waals surface area contributed by atoms with Gasteiger partial charge in [-0.25, -0.2) is 0 Å². The Bertz CT molecular complexity index is 7000. The van der Waals surface area contributed by atoms with E-state index in [4.69, 9.17) is 9.47 Å². The topological polar surface area (TPSA) is 336 Å². The summed E-state index contributed by atoms with van der Waals surface area (Å²) < 4.78 is 66.4. The van der Waals surface area contributed by atoms with Gasteiger partial charge in [0.05, 0.1) is 74.7 Å². The number of likely N-dealkylation sites (N-methyl/N-ethyl adjacent to an activating group) is 1. The van der Waals surface area contributed by atoms with Gasteiger partial charge in [-0.1, -0.05) is 171 Å². The number of carbonyl (C=O) groups is 9. The number of amides is 7. The smallest absolute Gasteiger partial charge is 0.461 e. The number of ketones is 2. The number of aromatic nitrogens is 1. The number of aryl methyl sites for hydroxylation is 1. The number of nitrogens with zero attached hydrogens (tertiary/aromatic N) is 4. The first kappa shape index (κ1) is 107. The molecule has 1 saturated heterocycles. The van der Waals surface area contributed by atoms with Crippen LogP contribution < -0.4 is 77.6 Å². The molecule has 11 N–H and O–H groups in total. The highest BCUT2D eigenvalue weighted by molar-refractivity contribution is 6.10. The average molecular weight is 2020 g/mol. The quantitative estimate of drug-likeness (QED) is 0.0265. The van der Waals surface area contributed by atoms with Gasteiger partial charge < -0.3 is 87.4 Å². The van der Waals surface area contributed by atoms with Gasteiger partial charge in [0, 0.05) is 167 Å². The van der Waals surface area contributed by atoms with Crippen molar-refractivity contribution < 1.29 is 74.9 Å². The molecule has 1 aromatic heterocycles. The van der Waals surface area contributed by atoms with E-state index >= 15 is 0 Å². The highest BCUT2D eigenvalue weighted by atomic mass is 19.3. The molecular weight excluding hydrogens is 1900 g/mol. The maximum Gasteiger partial charge on any atom is 0.461 e. The Labute approximate surface area is 864 Å². The number of hydrogen-bond donors (Lipinski definition) is 11. The van der Waals surface area contributed by atoms with Gasteiger partial charge in [-0.3, -0.25) is 48.1 Å². The van der Waals surface area contributed by atoms with Gasteiger partial charge in [0.15, 0.2) is 11.6 Å². The summed E-state index contributed by atoms with van der Waals surface area (Å²) in [6, 6.07) is 87.7. The van der Waals surface area contributed by atoms with Crippen molar-refractivity contribution in [1.29, 1.82) is 0 Å². The Morgan fingerprint density at radius 1 is 0.409 bits per heavy atom. The second-order valence-corrected chi connectivity index (χ2v) is 38.1. The summed E-state index contributed by atoms with van der Waals surface area (Å²) in [4.78, 5) is 120. The standard InChI is InChI=1S/C22H26N4O2.C22H20N2O.C20H18F4N2O3.C20H22N2O2.C18H21N3O.C16H16N2O3/c1-15-14-20(27)24-19-5-3-4-18(21(19)23-15)16-6-8-17(9-7-16)22(28)26-12-10-25(2)11-13-26;1-15-13-21(25)24-20-12-6-11-19(22(20)23-15)18-10-5-9-17(14-18)16-7-3-2-4-8-16;1-11-8-17(28)26-15-7-3-6-14(18(15)25-11)16(27)10-12-4-2-5-13(9-12)29-20(23,24)19(21)22;1-3-14-6-4-7-15(11-14)12-18(23)16-8-5-9-17-20(16)21-13(2)10-19(24)22-17;1-12-11-17(22)20-16-6-4-5-15(18(16)19-12)13-7-9-14(10-8-13)21(2)3;1-11-8-16(19)18-14-6-5-13(9-15(14)21-11)20-10-12-4-2-3-7-17-12/h3-9,15,23H,10-14H2,1-2H3,(H,24,27);2-12,14-15,23H,13H2,1H3,(H,24,25);2-7,9,11,19,25H,8,10H2,1H3,(H,26,28);4-9,11,13,21H,3,10,12H2,1-2H3,(H,22,24);4-10,12,19H,11H2,1-3H3,(H,20,22);2-7,9,11H,8,10H2,1H3,(H,18,19)/t2*15-;;;12-;11-/m11..11/s1. The van der Waals surface area contributed by atoms with E-state index in [1.165, 1.54) is 34.5 Å². The Balaban J connectivity index is 0.000000134. The zero-order valence-electron chi connectivity index (χ0n) is 84.8. The minimum atomic E-state index is -4.63. The van der Waals surface area contributed by atoms with Crippen molar-refractivity contribution in [3.63, 3.8) is 0 Å². The number of fused-ring (bicyclic) bond motifs is 6. The van der Waals surface area contributed by atoms with E-state index in [0.717, 1.165) is 129 Å². The number of piperazine rings is 1. The van der Waals surface area contributed by atoms with Crippen LogP contribution in [0.3, 0.4) is 0 Å². The van der Waals surface area contributed by atoms with Crippen molar-refractivity contribution in [3.8, 4) is 61.8 Å². The Morgan fingerprint density at radius 3 is 1.31 bits per heavy atom. The molecule has 20 rings (SSSR count). The van der Waals surface area contributed by atoms with Crippen LogP contribution in [0, 0.1) is 0 Å². The molecule has 7 amide bonds. The summed E-state index contributed by atoms with van der Waals surface area (Å²) in [5, 5.41) is 34.2. The van der Waals surface area contributed by atoms with Crippen molar-refractivity contribution in [2.24, 2.45) is 0 Å². The zero-order chi connectivity index (χ0) is 106. The van der Waals surface area contributed by atoms with E-state index in [2.05, 4.69) is 189 Å². The molecule has 27 nitrogen and oxygen atoms in total. The summed E-state index contributed by atoms with van der Waals surface area (Å²) in [5.74, 6) is 0.519. The molecule has 12 aromatic carbocycles. The van der Waals surface area contributed by atoms with Crippen molar-refractivity contribution in [2.45, 2.75) is 162 Å². The number of anilines is 12. The number of halogens is 4. The van der Waals surface area contributed by atoms with Gasteiger partial charge in [0.1, 0.15) is 30.0 Å². The molecule has 0 aliphatic carbocycles. The largest absolute Gasteiger partial charge is 0.488 e. The predicted molar refractivity (Wildman–Crippen MR) is 582 cm³/mol. The fourth-order valence-electron chi connectivity index (χ4n) is 18.1. The lowest BCUT2D eigenvalue weighted by Gasteiger charge is -2.32. The van der Waals surface area contributed by atoms with E-state index in [1.807, 2.05) is 175 Å². The molecule has 2 unspecified atom stereocenters. The molecule has 7 aliphatic rings. The van der Waals surface area contributed by atoms with Gasteiger partial charge in [-0.05, 0) is 209 Å². The van der Waals surface area contributed by atoms with E-state index < -0.39 is 18.3 Å². The Kier molecular flexibility index (Phi) is 35.4. The number of benzene rings is 12. The van der Waals surface area contributed by atoms with Crippen molar-refractivity contribution in [1.82, 2.24) is 14.8 Å². The van der Waals surface area contributed by atoms with E-state index in [1.54, 1.807) is 49.5 Å². The first-order valence-corrected chi connectivity index (χ1v) is 49.9. The Morgan fingerprint density at radius 2 is 0.826 bits per heavy atom. The molecule has 7 aliphatic heterocycles. The molecule has 0 radical (unpaired) electrons. The summed E-state index contributed by atoms with van der Waals surface area (Å²) in [6.07, 6.45) is -3.53. The zero-order valence-corrected chi connectivity index (χ0v) is 84.8. The van der Waals surface area contributed by atoms with Crippen molar-refractivity contribution in [3.05, 3.63) is 324 Å². The van der Waals surface area contributed by atoms with Crippen LogP contribution in [0.5, 0.6) is 17.2 Å². The SMILES string of the molecule is CC1CC(=O)Nc2cccc(C(=O)Cc3cccc(OC(F)(F)C(F)F)c3)c2N1.CCc1cccc(CC(=O)c2cccc3c2NC(C)CC(=O)N3)c1.C[C@@H]1CC(=O)Nc2ccc(OCc3ccccn3)cc2O1.C[C@@H]1CC(=O)Nc2cccc(-c3ccc(C(=O)N4CCN(C)CC4)cc3)c2N1.C[C@@H]1CC(=O)Nc2cccc(-c3ccc(N(C)C)cc3)c2N1.C[C@@H]1CC(=O)Nc2cccc(-c3cccc(-c4ccccc4)c3)c2N1. The minimum absolute atomic E-state index is 0.0105. The van der Waals surface area contributed by atoms with Crippen LogP contribution in [0.1, 0.15) is 140 Å². The lowest BCUT2D eigenvalue weighted by Crippen LogP contribution is -2.47. The van der Waals surface area contributed by atoms with Crippen LogP contribution in [0.25, 0.3) is 44.5 Å².